The van der Waals surface area contributed by atoms with Gasteiger partial charge in [-0.1, -0.05) is 54.6 Å². The molecule has 2 aromatic carbocycles. The van der Waals surface area contributed by atoms with Gasteiger partial charge >= 0.3 is 5.97 Å². The van der Waals surface area contributed by atoms with E-state index >= 15 is 0 Å². The molecule has 2 rings (SSSR count). The number of halogens is 1. The zero-order valence-electron chi connectivity index (χ0n) is 10.3. The molecule has 0 bridgehead atoms. The summed E-state index contributed by atoms with van der Waals surface area (Å²) in [5, 5.41) is 8.80. The van der Waals surface area contributed by atoms with Gasteiger partial charge in [0, 0.05) is 0 Å². The van der Waals surface area contributed by atoms with Crippen LogP contribution in [0.3, 0.4) is 0 Å². The van der Waals surface area contributed by atoms with Crippen LogP contribution in [0.5, 0.6) is 0 Å². The van der Waals surface area contributed by atoms with E-state index in [0.29, 0.717) is 6.42 Å². The first kappa shape index (κ1) is 15.2. The molecule has 2 aromatic rings. The number of carboxylic acid groups (broad SMARTS) is 1. The number of hydrogen-bond donors (Lipinski definition) is 2. The number of rotatable bonds is 4. The van der Waals surface area contributed by atoms with Crippen molar-refractivity contribution in [3.63, 3.8) is 0 Å². The van der Waals surface area contributed by atoms with Crippen molar-refractivity contribution in [2.75, 3.05) is 0 Å². The number of carboxylic acids is 1. The predicted octanol–water partition coefficient (Wildman–Crippen LogP) is 2.73. The first-order valence-electron chi connectivity index (χ1n) is 5.79. The molecule has 3 nitrogen and oxygen atoms in total. The van der Waals surface area contributed by atoms with Gasteiger partial charge in [-0.15, -0.1) is 12.4 Å². The fourth-order valence-corrected chi connectivity index (χ4v) is 1.85. The lowest BCUT2D eigenvalue weighted by Gasteiger charge is -2.08. The van der Waals surface area contributed by atoms with Gasteiger partial charge in [0.05, 0.1) is 0 Å². The van der Waals surface area contributed by atoms with Crippen molar-refractivity contribution in [1.29, 1.82) is 0 Å². The van der Waals surface area contributed by atoms with E-state index in [2.05, 4.69) is 0 Å². The van der Waals surface area contributed by atoms with Crippen LogP contribution < -0.4 is 5.73 Å². The zero-order valence-corrected chi connectivity index (χ0v) is 11.1. The highest BCUT2D eigenvalue weighted by atomic mass is 35.5. The summed E-state index contributed by atoms with van der Waals surface area (Å²) in [6.45, 7) is 0. The topological polar surface area (TPSA) is 63.3 Å². The summed E-state index contributed by atoms with van der Waals surface area (Å²) >= 11 is 0. The minimum Gasteiger partial charge on any atom is -0.480 e. The average molecular weight is 278 g/mol. The second kappa shape index (κ2) is 6.92. The molecule has 1 atom stereocenters. The fraction of sp³-hybridized carbons (Fsp3) is 0.133. The molecule has 0 saturated heterocycles. The van der Waals surface area contributed by atoms with Gasteiger partial charge in [-0.25, -0.2) is 0 Å². The van der Waals surface area contributed by atoms with E-state index in [-0.39, 0.29) is 12.4 Å². The molecule has 0 saturated carbocycles. The molecule has 0 spiro atoms. The largest absolute Gasteiger partial charge is 0.480 e. The van der Waals surface area contributed by atoms with E-state index in [4.69, 9.17) is 10.8 Å². The summed E-state index contributed by atoms with van der Waals surface area (Å²) in [5.74, 6) is -0.972. The van der Waals surface area contributed by atoms with Crippen LogP contribution >= 0.6 is 12.4 Å². The zero-order chi connectivity index (χ0) is 13.0. The Balaban J connectivity index is 0.00000180. The highest BCUT2D eigenvalue weighted by Crippen LogP contribution is 2.20. The van der Waals surface area contributed by atoms with E-state index in [9.17, 15) is 4.79 Å². The van der Waals surface area contributed by atoms with Crippen molar-refractivity contribution in [3.8, 4) is 11.1 Å². The lowest BCUT2D eigenvalue weighted by Crippen LogP contribution is -2.32. The molecular weight excluding hydrogens is 262 g/mol. The van der Waals surface area contributed by atoms with Gasteiger partial charge in [0.2, 0.25) is 0 Å². The van der Waals surface area contributed by atoms with Crippen LogP contribution in [0, 0.1) is 0 Å². The summed E-state index contributed by atoms with van der Waals surface area (Å²) in [7, 11) is 0. The van der Waals surface area contributed by atoms with Gasteiger partial charge in [0.25, 0.3) is 0 Å². The van der Waals surface area contributed by atoms with Gasteiger partial charge < -0.3 is 10.8 Å². The Morgan fingerprint density at radius 1 is 1.05 bits per heavy atom. The first-order valence-corrected chi connectivity index (χ1v) is 5.79. The normalized spacial score (nSPS) is 11.4. The number of nitrogens with two attached hydrogens (primary N) is 1. The number of aliphatic carboxylic acids is 1. The second-order valence-electron chi connectivity index (χ2n) is 4.22. The minimum absolute atomic E-state index is 0. The number of carbonyl (C=O) groups is 1. The highest BCUT2D eigenvalue weighted by Gasteiger charge is 2.12. The van der Waals surface area contributed by atoms with Crippen LogP contribution in [0.1, 0.15) is 5.56 Å². The van der Waals surface area contributed by atoms with E-state index in [1.165, 1.54) is 0 Å². The van der Waals surface area contributed by atoms with Crippen molar-refractivity contribution >= 4 is 18.4 Å². The monoisotopic (exact) mass is 277 g/mol. The quantitative estimate of drug-likeness (QED) is 0.903. The second-order valence-corrected chi connectivity index (χ2v) is 4.22. The predicted molar refractivity (Wildman–Crippen MR) is 78.4 cm³/mol. The molecule has 0 aliphatic carbocycles. The molecule has 0 radical (unpaired) electrons. The van der Waals surface area contributed by atoms with Crippen LogP contribution in [0.15, 0.2) is 54.6 Å². The summed E-state index contributed by atoms with van der Waals surface area (Å²) in [6, 6.07) is 16.9. The summed E-state index contributed by atoms with van der Waals surface area (Å²) < 4.78 is 0. The maximum absolute atomic E-state index is 10.7. The number of benzene rings is 2. The molecule has 0 amide bonds. The van der Waals surface area contributed by atoms with Crippen molar-refractivity contribution in [1.82, 2.24) is 0 Å². The molecule has 3 N–H and O–H groups in total. The summed E-state index contributed by atoms with van der Waals surface area (Å²) in [5.41, 5.74) is 8.66. The van der Waals surface area contributed by atoms with E-state index in [0.717, 1.165) is 16.7 Å². The van der Waals surface area contributed by atoms with Crippen molar-refractivity contribution in [3.05, 3.63) is 60.2 Å². The van der Waals surface area contributed by atoms with E-state index in [1.807, 2.05) is 54.6 Å². The molecule has 19 heavy (non-hydrogen) atoms. The van der Waals surface area contributed by atoms with Crippen molar-refractivity contribution in [2.24, 2.45) is 5.73 Å². The van der Waals surface area contributed by atoms with Crippen LogP contribution in [0.2, 0.25) is 0 Å². The van der Waals surface area contributed by atoms with E-state index < -0.39 is 12.0 Å². The number of hydrogen-bond acceptors (Lipinski definition) is 2. The van der Waals surface area contributed by atoms with Gasteiger partial charge in [0.1, 0.15) is 6.04 Å². The molecule has 0 heterocycles. The Hall–Kier alpha value is -1.84. The van der Waals surface area contributed by atoms with Crippen molar-refractivity contribution < 1.29 is 9.90 Å². The Labute approximate surface area is 118 Å². The van der Waals surface area contributed by atoms with E-state index in [1.54, 1.807) is 0 Å². The molecular formula is C15H16ClNO2. The Morgan fingerprint density at radius 2 is 1.68 bits per heavy atom. The first-order chi connectivity index (χ1) is 8.66. The van der Waals surface area contributed by atoms with Crippen LogP contribution in [-0.2, 0) is 11.2 Å². The lowest BCUT2D eigenvalue weighted by molar-refractivity contribution is -0.138. The third kappa shape index (κ3) is 4.09. The molecule has 0 aliphatic heterocycles. The standard InChI is InChI=1S/C15H15NO2.ClH/c16-14(15(17)18)10-11-5-4-8-13(9-11)12-6-2-1-3-7-12;/h1-9,14H,10,16H2,(H,17,18);1H. The SMILES string of the molecule is Cl.NC(Cc1cccc(-c2ccccc2)c1)C(=O)O. The molecule has 0 aliphatic rings. The summed E-state index contributed by atoms with van der Waals surface area (Å²) in [4.78, 5) is 10.7. The van der Waals surface area contributed by atoms with Gasteiger partial charge in [-0.3, -0.25) is 4.79 Å². The molecule has 1 unspecified atom stereocenters. The molecule has 4 heteroatoms. The highest BCUT2D eigenvalue weighted by molar-refractivity contribution is 5.85. The third-order valence-corrected chi connectivity index (χ3v) is 2.81. The van der Waals surface area contributed by atoms with Gasteiger partial charge in [-0.05, 0) is 23.1 Å². The smallest absolute Gasteiger partial charge is 0.320 e. The fourth-order valence-electron chi connectivity index (χ4n) is 1.85. The molecule has 100 valence electrons. The van der Waals surface area contributed by atoms with Crippen LogP contribution in [-0.4, -0.2) is 17.1 Å². The maximum Gasteiger partial charge on any atom is 0.320 e. The molecule has 0 fully saturated rings. The average Bonchev–Trinajstić information content (AvgIpc) is 2.40. The van der Waals surface area contributed by atoms with Gasteiger partial charge in [0.15, 0.2) is 0 Å². The van der Waals surface area contributed by atoms with Crippen molar-refractivity contribution in [2.45, 2.75) is 12.5 Å². The lowest BCUT2D eigenvalue weighted by atomic mass is 10.00. The third-order valence-electron chi connectivity index (χ3n) is 2.81. The van der Waals surface area contributed by atoms with Crippen LogP contribution in [0.25, 0.3) is 11.1 Å². The summed E-state index contributed by atoms with van der Waals surface area (Å²) in [6.07, 6.45) is 0.343. The van der Waals surface area contributed by atoms with Crippen LogP contribution in [0.4, 0.5) is 0 Å². The Bertz CT molecular complexity index is 543. The molecule has 0 aromatic heterocycles. The van der Waals surface area contributed by atoms with Gasteiger partial charge in [-0.2, -0.15) is 0 Å². The Kier molecular flexibility index (Phi) is 5.55. The minimum atomic E-state index is -0.972. The maximum atomic E-state index is 10.7. The Morgan fingerprint density at radius 3 is 2.32 bits per heavy atom.